The van der Waals surface area contributed by atoms with Crippen molar-refractivity contribution in [3.05, 3.63) is 60.4 Å². The summed E-state index contributed by atoms with van der Waals surface area (Å²) in [6.07, 6.45) is 0. The molecular weight excluding hydrogens is 418 g/mol. The lowest BCUT2D eigenvalue weighted by molar-refractivity contribution is -0.130. The molecule has 162 valence electrons. The minimum Gasteiger partial charge on any atom is -0.376 e. The van der Waals surface area contributed by atoms with Gasteiger partial charge in [0.1, 0.15) is 0 Å². The van der Waals surface area contributed by atoms with Gasteiger partial charge in [-0.1, -0.05) is 24.3 Å². The van der Waals surface area contributed by atoms with Gasteiger partial charge < -0.3 is 10.2 Å². The Morgan fingerprint density at radius 2 is 1.77 bits per heavy atom. The molecule has 0 unspecified atom stereocenters. The van der Waals surface area contributed by atoms with Crippen molar-refractivity contribution in [3.8, 4) is 5.69 Å². The highest BCUT2D eigenvalue weighted by atomic mass is 32.2. The van der Waals surface area contributed by atoms with Crippen LogP contribution >= 0.6 is 0 Å². The van der Waals surface area contributed by atoms with Crippen molar-refractivity contribution < 1.29 is 13.2 Å². The second kappa shape index (κ2) is 8.82. The molecule has 10 nitrogen and oxygen atoms in total. The van der Waals surface area contributed by atoms with Gasteiger partial charge in [0.15, 0.2) is 5.82 Å². The van der Waals surface area contributed by atoms with E-state index in [-0.39, 0.29) is 30.4 Å². The van der Waals surface area contributed by atoms with Crippen LogP contribution in [0.4, 0.5) is 5.69 Å². The second-order valence-corrected chi connectivity index (χ2v) is 9.08. The Balaban J connectivity index is 1.32. The van der Waals surface area contributed by atoms with Crippen molar-refractivity contribution in [2.75, 3.05) is 38.0 Å². The van der Waals surface area contributed by atoms with E-state index in [1.807, 2.05) is 24.3 Å². The lowest BCUT2D eigenvalue weighted by atomic mass is 10.2. The zero-order valence-electron chi connectivity index (χ0n) is 17.0. The van der Waals surface area contributed by atoms with Crippen LogP contribution in [0.5, 0.6) is 0 Å². The predicted molar refractivity (Wildman–Crippen MR) is 114 cm³/mol. The number of rotatable bonds is 6. The molecule has 31 heavy (non-hydrogen) atoms. The molecule has 1 amide bonds. The molecule has 1 N–H and O–H groups in total. The second-order valence-electron chi connectivity index (χ2n) is 7.14. The van der Waals surface area contributed by atoms with Gasteiger partial charge in [-0.05, 0) is 47.7 Å². The molecule has 0 bridgehead atoms. The van der Waals surface area contributed by atoms with Gasteiger partial charge in [0.25, 0.3) is 0 Å². The Kier molecular flexibility index (Phi) is 5.96. The maximum absolute atomic E-state index is 12.7. The van der Waals surface area contributed by atoms with Crippen molar-refractivity contribution in [3.63, 3.8) is 0 Å². The lowest BCUT2D eigenvalue weighted by Crippen LogP contribution is -2.51. The van der Waals surface area contributed by atoms with Gasteiger partial charge in [-0.3, -0.25) is 4.79 Å². The number of carbonyl (C=O) groups is 1. The van der Waals surface area contributed by atoms with E-state index in [0.717, 1.165) is 11.4 Å². The molecule has 1 aromatic heterocycles. The first-order valence-electron chi connectivity index (χ1n) is 9.87. The van der Waals surface area contributed by atoms with Crippen LogP contribution in [0, 0.1) is 6.92 Å². The third kappa shape index (κ3) is 4.57. The summed E-state index contributed by atoms with van der Waals surface area (Å²) in [6.45, 7) is 3.19. The first-order chi connectivity index (χ1) is 14.9. The van der Waals surface area contributed by atoms with Crippen LogP contribution in [-0.4, -0.2) is 76.5 Å². The predicted octanol–water partition coefficient (Wildman–Crippen LogP) is 0.916. The number of amides is 1. The molecule has 1 fully saturated rings. The molecule has 0 radical (unpaired) electrons. The Bertz CT molecular complexity index is 1160. The number of anilines is 1. The number of nitrogens with one attached hydrogen (secondary N) is 1. The van der Waals surface area contributed by atoms with E-state index in [9.17, 15) is 13.2 Å². The van der Waals surface area contributed by atoms with Gasteiger partial charge in [-0.25, -0.2) is 8.42 Å². The fourth-order valence-corrected chi connectivity index (χ4v) is 4.87. The van der Waals surface area contributed by atoms with Crippen molar-refractivity contribution in [2.45, 2.75) is 11.8 Å². The molecule has 3 aromatic rings. The SMILES string of the molecule is Cc1nnnn1-c1cccc(NCC(=O)N2CCN(S(=O)(=O)c3ccccc3)CC2)c1. The minimum absolute atomic E-state index is 0.0826. The number of tetrazole rings is 1. The summed E-state index contributed by atoms with van der Waals surface area (Å²) in [7, 11) is -3.54. The van der Waals surface area contributed by atoms with Crippen LogP contribution in [0.3, 0.4) is 0 Å². The van der Waals surface area contributed by atoms with E-state index in [2.05, 4.69) is 20.8 Å². The van der Waals surface area contributed by atoms with Crippen LogP contribution in [0.25, 0.3) is 5.69 Å². The molecule has 1 aliphatic heterocycles. The average Bonchev–Trinajstić information content (AvgIpc) is 3.24. The molecule has 0 aliphatic carbocycles. The number of sulfonamides is 1. The third-order valence-electron chi connectivity index (χ3n) is 5.13. The van der Waals surface area contributed by atoms with Crippen LogP contribution in [0.2, 0.25) is 0 Å². The third-order valence-corrected chi connectivity index (χ3v) is 7.05. The number of hydrogen-bond acceptors (Lipinski definition) is 7. The molecular formula is C20H23N7O3S. The molecule has 1 aliphatic rings. The molecule has 2 aromatic carbocycles. The summed E-state index contributed by atoms with van der Waals surface area (Å²) < 4.78 is 28.5. The summed E-state index contributed by atoms with van der Waals surface area (Å²) in [5.74, 6) is 0.581. The summed E-state index contributed by atoms with van der Waals surface area (Å²) in [4.78, 5) is 14.6. The van der Waals surface area contributed by atoms with Crippen LogP contribution < -0.4 is 5.32 Å². The maximum Gasteiger partial charge on any atom is 0.243 e. The van der Waals surface area contributed by atoms with E-state index in [0.29, 0.717) is 18.9 Å². The van der Waals surface area contributed by atoms with E-state index < -0.39 is 10.0 Å². The van der Waals surface area contributed by atoms with Crippen LogP contribution in [0.15, 0.2) is 59.5 Å². The van der Waals surface area contributed by atoms with Gasteiger partial charge in [0.05, 0.1) is 17.1 Å². The number of carbonyl (C=O) groups excluding carboxylic acids is 1. The van der Waals surface area contributed by atoms with Crippen LogP contribution in [0.1, 0.15) is 5.82 Å². The number of hydrogen-bond donors (Lipinski definition) is 1. The zero-order valence-corrected chi connectivity index (χ0v) is 17.9. The van der Waals surface area contributed by atoms with Gasteiger partial charge >= 0.3 is 0 Å². The molecule has 0 atom stereocenters. The number of aromatic nitrogens is 4. The zero-order chi connectivity index (χ0) is 21.8. The highest BCUT2D eigenvalue weighted by Crippen LogP contribution is 2.18. The highest BCUT2D eigenvalue weighted by molar-refractivity contribution is 7.89. The fraction of sp³-hybridized carbons (Fsp3) is 0.300. The number of piperazine rings is 1. The van der Waals surface area contributed by atoms with E-state index >= 15 is 0 Å². The molecule has 4 rings (SSSR count). The summed E-state index contributed by atoms with van der Waals surface area (Å²) in [5, 5.41) is 14.6. The smallest absolute Gasteiger partial charge is 0.243 e. The molecule has 1 saturated heterocycles. The highest BCUT2D eigenvalue weighted by Gasteiger charge is 2.29. The lowest BCUT2D eigenvalue weighted by Gasteiger charge is -2.34. The monoisotopic (exact) mass is 441 g/mol. The normalized spacial score (nSPS) is 15.1. The van der Waals surface area contributed by atoms with Gasteiger partial charge in [-0.15, -0.1) is 5.10 Å². The Morgan fingerprint density at radius 1 is 1.03 bits per heavy atom. The summed E-state index contributed by atoms with van der Waals surface area (Å²) in [6, 6.07) is 15.8. The molecule has 11 heteroatoms. The van der Waals surface area contributed by atoms with Gasteiger partial charge in [0.2, 0.25) is 15.9 Å². The quantitative estimate of drug-likeness (QED) is 0.605. The molecule has 0 saturated carbocycles. The van der Waals surface area contributed by atoms with Gasteiger partial charge in [0, 0.05) is 31.9 Å². The van der Waals surface area contributed by atoms with Crippen molar-refractivity contribution in [1.29, 1.82) is 0 Å². The molecule has 2 heterocycles. The largest absolute Gasteiger partial charge is 0.376 e. The molecule has 0 spiro atoms. The minimum atomic E-state index is -3.54. The van der Waals surface area contributed by atoms with Gasteiger partial charge in [-0.2, -0.15) is 8.99 Å². The average molecular weight is 442 g/mol. The number of benzene rings is 2. The Hall–Kier alpha value is -3.31. The Labute approximate surface area is 180 Å². The van der Waals surface area contributed by atoms with Crippen molar-refractivity contribution >= 4 is 21.6 Å². The standard InChI is InChI=1S/C20H23N7O3S/c1-16-22-23-24-27(16)18-7-5-6-17(14-18)21-15-20(28)25-10-12-26(13-11-25)31(29,30)19-8-3-2-4-9-19/h2-9,14,21H,10-13,15H2,1H3. The van der Waals surface area contributed by atoms with E-state index in [1.54, 1.807) is 46.8 Å². The van der Waals surface area contributed by atoms with Crippen molar-refractivity contribution in [1.82, 2.24) is 29.4 Å². The van der Waals surface area contributed by atoms with E-state index in [4.69, 9.17) is 0 Å². The van der Waals surface area contributed by atoms with Crippen molar-refractivity contribution in [2.24, 2.45) is 0 Å². The maximum atomic E-state index is 12.7. The summed E-state index contributed by atoms with van der Waals surface area (Å²) in [5.41, 5.74) is 1.56. The Morgan fingerprint density at radius 3 is 2.45 bits per heavy atom. The number of aryl methyl sites for hydroxylation is 1. The topological polar surface area (TPSA) is 113 Å². The first-order valence-corrected chi connectivity index (χ1v) is 11.3. The number of nitrogens with zero attached hydrogens (tertiary/aromatic N) is 6. The summed E-state index contributed by atoms with van der Waals surface area (Å²) >= 11 is 0. The van der Waals surface area contributed by atoms with Crippen LogP contribution in [-0.2, 0) is 14.8 Å². The van der Waals surface area contributed by atoms with E-state index in [1.165, 1.54) is 4.31 Å². The first kappa shape index (κ1) is 20.9. The fourth-order valence-electron chi connectivity index (χ4n) is 3.43.